The Hall–Kier alpha value is -1.63. The van der Waals surface area contributed by atoms with Gasteiger partial charge in [-0.3, -0.25) is 4.79 Å². The van der Waals surface area contributed by atoms with E-state index in [-0.39, 0.29) is 12.0 Å². The lowest BCUT2D eigenvalue weighted by atomic mass is 10.2. The third-order valence-electron chi connectivity index (χ3n) is 3.33. The van der Waals surface area contributed by atoms with Crippen LogP contribution in [0.1, 0.15) is 23.3 Å². The molecule has 1 atom stereocenters. The number of carbonyl (C=O) groups excluding carboxylic acids is 1. The number of amides is 1. The van der Waals surface area contributed by atoms with Gasteiger partial charge in [0.1, 0.15) is 5.69 Å². The molecular weight excluding hydrogens is 322 g/mol. The Bertz CT molecular complexity index is 656. The summed E-state index contributed by atoms with van der Waals surface area (Å²) in [5, 5.41) is 9.03. The maximum absolute atomic E-state index is 12.0. The number of rotatable bonds is 5. The second-order valence-electron chi connectivity index (χ2n) is 5.02. The first-order valence-corrected chi connectivity index (χ1v) is 8.34. The van der Waals surface area contributed by atoms with Crippen molar-refractivity contribution in [2.24, 2.45) is 0 Å². The lowest BCUT2D eigenvalue weighted by molar-refractivity contribution is 0.0854. The highest BCUT2D eigenvalue weighted by Gasteiger charge is 2.17. The molecule has 0 bridgehead atoms. The van der Waals surface area contributed by atoms with Crippen LogP contribution in [0.15, 0.2) is 29.6 Å². The van der Waals surface area contributed by atoms with Crippen LogP contribution < -0.4 is 10.6 Å². The number of hydrogen-bond acceptors (Lipinski definition) is 5. The van der Waals surface area contributed by atoms with Gasteiger partial charge in [-0.25, -0.2) is 4.98 Å². The van der Waals surface area contributed by atoms with Crippen molar-refractivity contribution >= 4 is 39.7 Å². The number of hydrogen-bond donors (Lipinski definition) is 2. The van der Waals surface area contributed by atoms with Crippen molar-refractivity contribution in [3.63, 3.8) is 0 Å². The Morgan fingerprint density at radius 2 is 2.41 bits per heavy atom. The molecule has 0 spiro atoms. The SMILES string of the molecule is O=C(NC[C@@H]1CCCO1)c1csc(Nc2cccc(Cl)c2)n1. The van der Waals surface area contributed by atoms with Crippen molar-refractivity contribution in [2.75, 3.05) is 18.5 Å². The van der Waals surface area contributed by atoms with Gasteiger partial charge in [0, 0.05) is 29.2 Å². The summed E-state index contributed by atoms with van der Waals surface area (Å²) in [6, 6.07) is 7.36. The molecule has 2 aromatic rings. The lowest BCUT2D eigenvalue weighted by Gasteiger charge is -2.09. The van der Waals surface area contributed by atoms with E-state index in [0.29, 0.717) is 22.4 Å². The van der Waals surface area contributed by atoms with E-state index in [4.69, 9.17) is 16.3 Å². The first kappa shape index (κ1) is 15.3. The van der Waals surface area contributed by atoms with Crippen LogP contribution in [0.4, 0.5) is 10.8 Å². The molecule has 5 nitrogen and oxygen atoms in total. The topological polar surface area (TPSA) is 63.2 Å². The minimum absolute atomic E-state index is 0.131. The van der Waals surface area contributed by atoms with Crippen LogP contribution in [0.5, 0.6) is 0 Å². The molecule has 1 aromatic heterocycles. The van der Waals surface area contributed by atoms with Crippen LogP contribution in [-0.4, -0.2) is 30.1 Å². The van der Waals surface area contributed by atoms with Gasteiger partial charge in [-0.05, 0) is 31.0 Å². The van der Waals surface area contributed by atoms with Gasteiger partial charge in [-0.1, -0.05) is 17.7 Å². The van der Waals surface area contributed by atoms with Crippen molar-refractivity contribution < 1.29 is 9.53 Å². The van der Waals surface area contributed by atoms with Crippen molar-refractivity contribution in [3.05, 3.63) is 40.4 Å². The van der Waals surface area contributed by atoms with Crippen molar-refractivity contribution in [3.8, 4) is 0 Å². The number of nitrogens with one attached hydrogen (secondary N) is 2. The molecule has 116 valence electrons. The monoisotopic (exact) mass is 337 g/mol. The smallest absolute Gasteiger partial charge is 0.270 e. The predicted molar refractivity (Wildman–Crippen MR) is 88.2 cm³/mol. The zero-order valence-corrected chi connectivity index (χ0v) is 13.4. The van der Waals surface area contributed by atoms with Gasteiger partial charge in [-0.15, -0.1) is 11.3 Å². The molecule has 1 amide bonds. The van der Waals surface area contributed by atoms with Crippen LogP contribution in [-0.2, 0) is 4.74 Å². The number of aromatic nitrogens is 1. The van der Waals surface area contributed by atoms with Crippen LogP contribution in [0, 0.1) is 0 Å². The molecule has 1 saturated heterocycles. The van der Waals surface area contributed by atoms with Gasteiger partial charge in [0.15, 0.2) is 5.13 Å². The van der Waals surface area contributed by atoms with E-state index in [1.165, 1.54) is 11.3 Å². The summed E-state index contributed by atoms with van der Waals surface area (Å²) in [6.45, 7) is 1.32. The second-order valence-corrected chi connectivity index (χ2v) is 6.31. The summed E-state index contributed by atoms with van der Waals surface area (Å²) in [6.07, 6.45) is 2.19. The van der Waals surface area contributed by atoms with E-state index in [2.05, 4.69) is 15.6 Å². The number of anilines is 2. The molecule has 1 fully saturated rings. The van der Waals surface area contributed by atoms with E-state index in [1.54, 1.807) is 17.5 Å². The Balaban J connectivity index is 1.57. The van der Waals surface area contributed by atoms with Crippen LogP contribution in [0.2, 0.25) is 5.02 Å². The number of benzene rings is 1. The predicted octanol–water partition coefficient (Wildman–Crippen LogP) is 3.45. The molecule has 0 aliphatic carbocycles. The molecule has 0 unspecified atom stereocenters. The summed E-state index contributed by atoms with van der Waals surface area (Å²) in [7, 11) is 0. The average molecular weight is 338 g/mol. The second kappa shape index (κ2) is 7.09. The van der Waals surface area contributed by atoms with E-state index in [0.717, 1.165) is 25.1 Å². The molecule has 2 heterocycles. The highest BCUT2D eigenvalue weighted by molar-refractivity contribution is 7.14. The standard InChI is InChI=1S/C15H16ClN3O2S/c16-10-3-1-4-11(7-10)18-15-19-13(9-22-15)14(20)17-8-12-5-2-6-21-12/h1,3-4,7,9,12H,2,5-6,8H2,(H,17,20)(H,18,19)/t12-/m0/s1. The summed E-state index contributed by atoms with van der Waals surface area (Å²) >= 11 is 7.32. The maximum atomic E-state index is 12.0. The van der Waals surface area contributed by atoms with E-state index in [9.17, 15) is 4.79 Å². The van der Waals surface area contributed by atoms with E-state index in [1.807, 2.05) is 12.1 Å². The van der Waals surface area contributed by atoms with Gasteiger partial charge < -0.3 is 15.4 Å². The number of ether oxygens (including phenoxy) is 1. The molecule has 2 N–H and O–H groups in total. The molecule has 1 aliphatic heterocycles. The molecule has 0 saturated carbocycles. The Morgan fingerprint density at radius 3 is 3.18 bits per heavy atom. The first-order chi connectivity index (χ1) is 10.7. The normalized spacial score (nSPS) is 17.4. The third-order valence-corrected chi connectivity index (χ3v) is 4.32. The maximum Gasteiger partial charge on any atom is 0.270 e. The third kappa shape index (κ3) is 3.97. The summed E-state index contributed by atoms with van der Waals surface area (Å²) in [4.78, 5) is 16.3. The van der Waals surface area contributed by atoms with Gasteiger partial charge in [0.05, 0.1) is 6.10 Å². The van der Waals surface area contributed by atoms with Gasteiger partial charge in [-0.2, -0.15) is 0 Å². The fourth-order valence-corrected chi connectivity index (χ4v) is 3.13. The van der Waals surface area contributed by atoms with Gasteiger partial charge in [0.2, 0.25) is 0 Å². The highest BCUT2D eigenvalue weighted by atomic mass is 35.5. The number of halogens is 1. The number of thiazole rings is 1. The largest absolute Gasteiger partial charge is 0.376 e. The Labute approximate surface area is 137 Å². The molecule has 3 rings (SSSR count). The molecule has 1 aromatic carbocycles. The summed E-state index contributed by atoms with van der Waals surface area (Å²) in [5.74, 6) is -0.175. The Morgan fingerprint density at radius 1 is 1.50 bits per heavy atom. The zero-order valence-electron chi connectivity index (χ0n) is 11.8. The van der Waals surface area contributed by atoms with Gasteiger partial charge in [0.25, 0.3) is 5.91 Å². The summed E-state index contributed by atoms with van der Waals surface area (Å²) in [5.41, 5.74) is 1.25. The van der Waals surface area contributed by atoms with Gasteiger partial charge >= 0.3 is 0 Å². The van der Waals surface area contributed by atoms with E-state index < -0.39 is 0 Å². The molecule has 22 heavy (non-hydrogen) atoms. The summed E-state index contributed by atoms with van der Waals surface area (Å²) < 4.78 is 5.48. The fourth-order valence-electron chi connectivity index (χ4n) is 2.23. The fraction of sp³-hybridized carbons (Fsp3) is 0.333. The molecule has 0 radical (unpaired) electrons. The molecule has 7 heteroatoms. The Kier molecular flexibility index (Phi) is 4.92. The zero-order chi connectivity index (χ0) is 15.4. The average Bonchev–Trinajstić information content (AvgIpc) is 3.16. The molecular formula is C15H16ClN3O2S. The highest BCUT2D eigenvalue weighted by Crippen LogP contribution is 2.23. The number of nitrogens with zero attached hydrogens (tertiary/aromatic N) is 1. The minimum atomic E-state index is -0.175. The van der Waals surface area contributed by atoms with Crippen LogP contribution >= 0.6 is 22.9 Å². The quantitative estimate of drug-likeness (QED) is 0.877. The van der Waals surface area contributed by atoms with E-state index >= 15 is 0 Å². The van der Waals surface area contributed by atoms with Crippen LogP contribution in [0.25, 0.3) is 0 Å². The minimum Gasteiger partial charge on any atom is -0.376 e. The molecule has 1 aliphatic rings. The number of carbonyl (C=O) groups is 1. The van der Waals surface area contributed by atoms with Crippen molar-refractivity contribution in [2.45, 2.75) is 18.9 Å². The van der Waals surface area contributed by atoms with Crippen LogP contribution in [0.3, 0.4) is 0 Å². The van der Waals surface area contributed by atoms with Crippen molar-refractivity contribution in [1.29, 1.82) is 0 Å². The van der Waals surface area contributed by atoms with Crippen molar-refractivity contribution in [1.82, 2.24) is 10.3 Å². The lowest BCUT2D eigenvalue weighted by Crippen LogP contribution is -2.31. The first-order valence-electron chi connectivity index (χ1n) is 7.08.